The molecule has 6 heteroatoms. The summed E-state index contributed by atoms with van der Waals surface area (Å²) in [7, 11) is 1.58. The van der Waals surface area contributed by atoms with Gasteiger partial charge in [-0.3, -0.25) is 0 Å². The van der Waals surface area contributed by atoms with Crippen LogP contribution in [0.15, 0.2) is 48.5 Å². The molecule has 1 fully saturated rings. The zero-order valence-electron chi connectivity index (χ0n) is 16.3. The summed E-state index contributed by atoms with van der Waals surface area (Å²) in [5.41, 5.74) is 4.53. The van der Waals surface area contributed by atoms with Crippen molar-refractivity contribution >= 4 is 12.1 Å². The van der Waals surface area contributed by atoms with Crippen molar-refractivity contribution in [3.63, 3.8) is 0 Å². The van der Waals surface area contributed by atoms with Crippen LogP contribution in [0.5, 0.6) is 0 Å². The van der Waals surface area contributed by atoms with Crippen LogP contribution in [0.25, 0.3) is 11.1 Å². The van der Waals surface area contributed by atoms with Crippen LogP contribution in [0.3, 0.4) is 0 Å². The number of carbonyl (C=O) groups is 2. The van der Waals surface area contributed by atoms with Gasteiger partial charge in [0.2, 0.25) is 0 Å². The van der Waals surface area contributed by atoms with Crippen molar-refractivity contribution in [1.82, 2.24) is 5.32 Å². The number of fused-ring (bicyclic) bond motifs is 3. The summed E-state index contributed by atoms with van der Waals surface area (Å²) < 4.78 is 10.9. The third-order valence-corrected chi connectivity index (χ3v) is 6.12. The Hall–Kier alpha value is -2.86. The second-order valence-electron chi connectivity index (χ2n) is 7.65. The highest BCUT2D eigenvalue weighted by molar-refractivity contribution is 5.81. The summed E-state index contributed by atoms with van der Waals surface area (Å²) in [5, 5.41) is 12.2. The first-order valence-corrected chi connectivity index (χ1v) is 9.97. The van der Waals surface area contributed by atoms with Crippen molar-refractivity contribution in [2.75, 3.05) is 13.7 Å². The van der Waals surface area contributed by atoms with E-state index >= 15 is 0 Å². The fraction of sp³-hybridized carbons (Fsp3) is 0.391. The number of hydrogen-bond acceptors (Lipinski definition) is 4. The normalized spacial score (nSPS) is 21.3. The van der Waals surface area contributed by atoms with Gasteiger partial charge in [0, 0.05) is 18.9 Å². The molecule has 0 aromatic heterocycles. The standard InChI is InChI=1S/C23H25NO5/c1-28-20-12-6-11-18(20)21(22(25)26)24-23(27)29-13-19-16-9-4-2-7-14(16)15-8-3-5-10-17(15)19/h2-5,7-10,18-21H,6,11-13H2,1H3,(H,24,27)(H,25,26). The number of hydrogen-bond donors (Lipinski definition) is 2. The molecular formula is C23H25NO5. The lowest BCUT2D eigenvalue weighted by atomic mass is 9.96. The number of alkyl carbamates (subject to hydrolysis) is 1. The highest BCUT2D eigenvalue weighted by Crippen LogP contribution is 2.44. The number of ether oxygens (including phenoxy) is 2. The van der Waals surface area contributed by atoms with Gasteiger partial charge in [-0.25, -0.2) is 9.59 Å². The minimum atomic E-state index is -1.06. The molecule has 2 aromatic rings. The molecule has 6 nitrogen and oxygen atoms in total. The predicted octanol–water partition coefficient (Wildman–Crippen LogP) is 3.79. The Morgan fingerprint density at radius 1 is 1.07 bits per heavy atom. The quantitative estimate of drug-likeness (QED) is 0.777. The first kappa shape index (κ1) is 19.5. The summed E-state index contributed by atoms with van der Waals surface area (Å²) in [6.45, 7) is 0.157. The SMILES string of the molecule is COC1CCCC1C(NC(=O)OCC1c2ccccc2-c2ccccc21)C(=O)O. The Kier molecular flexibility index (Phi) is 5.53. The topological polar surface area (TPSA) is 84.9 Å². The maximum Gasteiger partial charge on any atom is 0.407 e. The molecule has 1 amide bonds. The van der Waals surface area contributed by atoms with Crippen molar-refractivity contribution in [1.29, 1.82) is 0 Å². The van der Waals surface area contributed by atoms with Gasteiger partial charge in [0.05, 0.1) is 6.10 Å². The van der Waals surface area contributed by atoms with Crippen LogP contribution in [0.4, 0.5) is 4.79 Å². The summed E-state index contributed by atoms with van der Waals surface area (Å²) in [5.74, 6) is -1.37. The fourth-order valence-electron chi connectivity index (χ4n) is 4.75. The van der Waals surface area contributed by atoms with Gasteiger partial charge in [0.25, 0.3) is 0 Å². The van der Waals surface area contributed by atoms with E-state index in [-0.39, 0.29) is 24.5 Å². The summed E-state index contributed by atoms with van der Waals surface area (Å²) in [6.07, 6.45) is 1.53. The van der Waals surface area contributed by atoms with Crippen LogP contribution in [-0.2, 0) is 14.3 Å². The number of methoxy groups -OCH3 is 1. The molecule has 0 radical (unpaired) electrons. The Labute approximate surface area is 169 Å². The number of carboxylic acid groups (broad SMARTS) is 1. The summed E-state index contributed by atoms with van der Waals surface area (Å²) >= 11 is 0. The second kappa shape index (κ2) is 8.25. The van der Waals surface area contributed by atoms with Crippen LogP contribution in [0.2, 0.25) is 0 Å². The lowest BCUT2D eigenvalue weighted by Crippen LogP contribution is -2.48. The first-order chi connectivity index (χ1) is 14.1. The number of rotatable bonds is 6. The summed E-state index contributed by atoms with van der Waals surface area (Å²) in [4.78, 5) is 24.2. The van der Waals surface area contributed by atoms with Gasteiger partial charge in [0.1, 0.15) is 12.6 Å². The van der Waals surface area contributed by atoms with E-state index in [1.165, 1.54) is 0 Å². The number of aliphatic carboxylic acids is 1. The fourth-order valence-corrected chi connectivity index (χ4v) is 4.75. The van der Waals surface area contributed by atoms with Gasteiger partial charge in [-0.15, -0.1) is 0 Å². The Balaban J connectivity index is 1.45. The van der Waals surface area contributed by atoms with Gasteiger partial charge >= 0.3 is 12.1 Å². The number of carboxylic acids is 1. The molecule has 3 unspecified atom stereocenters. The van der Waals surface area contributed by atoms with E-state index in [1.807, 2.05) is 36.4 Å². The smallest absolute Gasteiger partial charge is 0.407 e. The van der Waals surface area contributed by atoms with Gasteiger partial charge in [0.15, 0.2) is 0 Å². The Bertz CT molecular complexity index is 866. The molecule has 0 heterocycles. The van der Waals surface area contributed by atoms with E-state index in [2.05, 4.69) is 17.4 Å². The van der Waals surface area contributed by atoms with Crippen LogP contribution >= 0.6 is 0 Å². The van der Waals surface area contributed by atoms with Crippen molar-refractivity contribution in [3.05, 3.63) is 59.7 Å². The monoisotopic (exact) mass is 395 g/mol. The molecule has 0 bridgehead atoms. The van der Waals surface area contributed by atoms with Crippen LogP contribution in [-0.4, -0.2) is 43.0 Å². The molecule has 4 rings (SSSR count). The number of amides is 1. The van der Waals surface area contributed by atoms with Gasteiger partial charge in [-0.1, -0.05) is 55.0 Å². The highest BCUT2D eigenvalue weighted by Gasteiger charge is 2.39. The van der Waals surface area contributed by atoms with Crippen molar-refractivity contribution in [2.45, 2.75) is 37.3 Å². The van der Waals surface area contributed by atoms with E-state index in [0.29, 0.717) is 6.42 Å². The van der Waals surface area contributed by atoms with E-state index < -0.39 is 18.1 Å². The van der Waals surface area contributed by atoms with Gasteiger partial charge < -0.3 is 19.9 Å². The molecule has 3 atom stereocenters. The Morgan fingerprint density at radius 3 is 2.28 bits per heavy atom. The Morgan fingerprint density at radius 2 is 1.69 bits per heavy atom. The molecule has 2 aliphatic rings. The van der Waals surface area contributed by atoms with Gasteiger partial charge in [-0.05, 0) is 35.1 Å². The molecule has 1 saturated carbocycles. The number of nitrogens with one attached hydrogen (secondary N) is 1. The highest BCUT2D eigenvalue weighted by atomic mass is 16.5. The van der Waals surface area contributed by atoms with Crippen LogP contribution in [0.1, 0.15) is 36.3 Å². The average Bonchev–Trinajstić information content (AvgIpc) is 3.33. The van der Waals surface area contributed by atoms with E-state index in [9.17, 15) is 14.7 Å². The molecule has 29 heavy (non-hydrogen) atoms. The van der Waals surface area contributed by atoms with Crippen molar-refractivity contribution in [3.8, 4) is 11.1 Å². The summed E-state index contributed by atoms with van der Waals surface area (Å²) in [6, 6.07) is 15.2. The zero-order valence-corrected chi connectivity index (χ0v) is 16.3. The molecular weight excluding hydrogens is 370 g/mol. The molecule has 2 aromatic carbocycles. The number of carbonyl (C=O) groups excluding carboxylic acids is 1. The molecule has 2 aliphatic carbocycles. The third kappa shape index (κ3) is 3.72. The average molecular weight is 395 g/mol. The molecule has 152 valence electrons. The van der Waals surface area contributed by atoms with Gasteiger partial charge in [-0.2, -0.15) is 0 Å². The zero-order chi connectivity index (χ0) is 20.4. The predicted molar refractivity (Wildman–Crippen MR) is 108 cm³/mol. The minimum absolute atomic E-state index is 0.0605. The minimum Gasteiger partial charge on any atom is -0.480 e. The van der Waals surface area contributed by atoms with Crippen molar-refractivity contribution in [2.24, 2.45) is 5.92 Å². The molecule has 0 aliphatic heterocycles. The lowest BCUT2D eigenvalue weighted by molar-refractivity contribution is -0.142. The number of benzene rings is 2. The largest absolute Gasteiger partial charge is 0.480 e. The first-order valence-electron chi connectivity index (χ1n) is 9.97. The van der Waals surface area contributed by atoms with Crippen LogP contribution < -0.4 is 5.32 Å². The molecule has 0 saturated heterocycles. The van der Waals surface area contributed by atoms with E-state index in [0.717, 1.165) is 35.1 Å². The maximum atomic E-state index is 12.5. The lowest BCUT2D eigenvalue weighted by Gasteiger charge is -2.25. The molecule has 2 N–H and O–H groups in total. The van der Waals surface area contributed by atoms with Crippen LogP contribution in [0, 0.1) is 5.92 Å². The second-order valence-corrected chi connectivity index (χ2v) is 7.65. The van der Waals surface area contributed by atoms with E-state index in [4.69, 9.17) is 9.47 Å². The van der Waals surface area contributed by atoms with E-state index in [1.54, 1.807) is 7.11 Å². The maximum absolute atomic E-state index is 12.5. The molecule has 0 spiro atoms. The van der Waals surface area contributed by atoms with Crippen molar-refractivity contribution < 1.29 is 24.2 Å². The third-order valence-electron chi connectivity index (χ3n) is 6.12.